The molecule has 0 heterocycles. The van der Waals surface area contributed by atoms with Crippen molar-refractivity contribution in [2.24, 2.45) is 5.92 Å². The van der Waals surface area contributed by atoms with Crippen molar-refractivity contribution in [1.29, 1.82) is 0 Å². The average Bonchev–Trinajstić information content (AvgIpc) is 1.31. The van der Waals surface area contributed by atoms with Crippen LogP contribution >= 0.6 is 0 Å². The molecule has 0 atom stereocenters. The van der Waals surface area contributed by atoms with Crippen molar-refractivity contribution in [1.82, 2.24) is 0 Å². The molecule has 0 aromatic rings. The van der Waals surface area contributed by atoms with Crippen LogP contribution in [0.4, 0.5) is 0 Å². The van der Waals surface area contributed by atoms with Gasteiger partial charge in [-0.25, -0.2) is 0 Å². The molecule has 0 aliphatic rings. The van der Waals surface area contributed by atoms with Crippen LogP contribution in [0.2, 0.25) is 0 Å². The zero-order valence-corrected chi connectivity index (χ0v) is 7.64. The van der Waals surface area contributed by atoms with Gasteiger partial charge in [0.05, 0.1) is 0 Å². The number of rotatable bonds is 1. The second kappa shape index (κ2) is 3.65. The van der Waals surface area contributed by atoms with Crippen LogP contribution in [0.3, 0.4) is 0 Å². The monoisotopic (exact) mass is 148 g/mol. The molecule has 0 aliphatic heterocycles. The van der Waals surface area contributed by atoms with Crippen LogP contribution in [0.1, 0.15) is 27.7 Å². The van der Waals surface area contributed by atoms with Crippen molar-refractivity contribution in [3.63, 3.8) is 0 Å². The van der Waals surface area contributed by atoms with Crippen LogP contribution in [0.15, 0.2) is 0 Å². The Hall–Kier alpha value is 0.674. The van der Waals surface area contributed by atoms with Gasteiger partial charge in [-0.15, -0.1) is 5.54 Å². The predicted molar refractivity (Wildman–Crippen MR) is 33.2 cm³/mol. The molecule has 0 saturated carbocycles. The van der Waals surface area contributed by atoms with Crippen molar-refractivity contribution in [2.75, 3.05) is 0 Å². The van der Waals surface area contributed by atoms with Gasteiger partial charge in [-0.2, -0.15) is 0 Å². The summed E-state index contributed by atoms with van der Waals surface area (Å²) in [6, 6.07) is 0. The largest absolute Gasteiger partial charge is 0.672 e. The fourth-order valence-corrected chi connectivity index (χ4v) is 0. The van der Waals surface area contributed by atoms with Gasteiger partial charge in [0.15, 0.2) is 0 Å². The third-order valence-corrected chi connectivity index (χ3v) is 1.44. The Bertz CT molecular complexity index is 54.0. The molecule has 0 rings (SSSR count). The van der Waals surface area contributed by atoms with E-state index in [1.807, 2.05) is 13.8 Å². The SMILES string of the molecule is CC(C)C(C)(C)[NH-].[Ti]. The van der Waals surface area contributed by atoms with Crippen LogP contribution in [0.25, 0.3) is 5.73 Å². The molecule has 0 aliphatic carbocycles. The van der Waals surface area contributed by atoms with E-state index in [1.165, 1.54) is 0 Å². The van der Waals surface area contributed by atoms with Gasteiger partial charge in [-0.3, -0.25) is 0 Å². The van der Waals surface area contributed by atoms with Crippen molar-refractivity contribution >= 4 is 0 Å². The molecule has 0 aromatic heterocycles. The molecular weight excluding hydrogens is 134 g/mol. The smallest absolute Gasteiger partial charge is 0 e. The Kier molecular flexibility index (Phi) is 5.24. The Balaban J connectivity index is 0. The van der Waals surface area contributed by atoms with Crippen LogP contribution in [-0.4, -0.2) is 5.54 Å². The Morgan fingerprint density at radius 2 is 1.38 bits per heavy atom. The fourth-order valence-electron chi connectivity index (χ4n) is 0. The second-order valence-corrected chi connectivity index (χ2v) is 2.88. The van der Waals surface area contributed by atoms with E-state index in [1.54, 1.807) is 0 Å². The van der Waals surface area contributed by atoms with Gasteiger partial charge in [-0.05, 0) is 0 Å². The predicted octanol–water partition coefficient (Wildman–Crippen LogP) is 2.47. The normalized spacial score (nSPS) is 11.2. The van der Waals surface area contributed by atoms with Gasteiger partial charge in [0, 0.05) is 21.7 Å². The maximum Gasteiger partial charge on any atom is 0 e. The van der Waals surface area contributed by atoms with Crippen molar-refractivity contribution < 1.29 is 21.7 Å². The zero-order chi connectivity index (χ0) is 6.08. The Morgan fingerprint density at radius 1 is 1.25 bits per heavy atom. The summed E-state index contributed by atoms with van der Waals surface area (Å²) in [5, 5.41) is 0. The fraction of sp³-hybridized carbons (Fsp3) is 1.00. The van der Waals surface area contributed by atoms with Gasteiger partial charge in [0.25, 0.3) is 0 Å². The molecule has 0 spiro atoms. The first-order valence-corrected chi connectivity index (χ1v) is 2.69. The van der Waals surface area contributed by atoms with E-state index in [0.29, 0.717) is 5.92 Å². The molecule has 0 bridgehead atoms. The Labute approximate surface area is 66.9 Å². The topological polar surface area (TPSA) is 23.8 Å². The summed E-state index contributed by atoms with van der Waals surface area (Å²) in [4.78, 5) is 0. The van der Waals surface area contributed by atoms with Gasteiger partial charge in [-0.1, -0.05) is 33.6 Å². The van der Waals surface area contributed by atoms with Crippen LogP contribution in [-0.2, 0) is 21.7 Å². The summed E-state index contributed by atoms with van der Waals surface area (Å²) in [5.74, 6) is 0.465. The molecule has 0 amide bonds. The minimum absolute atomic E-state index is 0. The molecule has 2 heteroatoms. The van der Waals surface area contributed by atoms with Gasteiger partial charge in [0.2, 0.25) is 0 Å². The van der Waals surface area contributed by atoms with Gasteiger partial charge >= 0.3 is 0 Å². The molecule has 0 fully saturated rings. The van der Waals surface area contributed by atoms with E-state index in [4.69, 9.17) is 5.73 Å². The molecule has 1 nitrogen and oxygen atoms in total. The van der Waals surface area contributed by atoms with E-state index >= 15 is 0 Å². The molecular formula is C6H14NTi-. The van der Waals surface area contributed by atoms with Crippen LogP contribution < -0.4 is 0 Å². The molecule has 8 heavy (non-hydrogen) atoms. The minimum atomic E-state index is -0.250. The summed E-state index contributed by atoms with van der Waals surface area (Å²) in [7, 11) is 0. The molecule has 1 N–H and O–H groups in total. The summed E-state index contributed by atoms with van der Waals surface area (Å²) in [6.07, 6.45) is 0. The number of hydrogen-bond acceptors (Lipinski definition) is 0. The van der Waals surface area contributed by atoms with Gasteiger partial charge < -0.3 is 5.73 Å². The van der Waals surface area contributed by atoms with Crippen molar-refractivity contribution in [3.8, 4) is 0 Å². The zero-order valence-electron chi connectivity index (χ0n) is 6.08. The quantitative estimate of drug-likeness (QED) is 0.510. The van der Waals surface area contributed by atoms with E-state index < -0.39 is 0 Å². The molecule has 48 valence electrons. The summed E-state index contributed by atoms with van der Waals surface area (Å²) < 4.78 is 0. The van der Waals surface area contributed by atoms with Crippen molar-refractivity contribution in [3.05, 3.63) is 5.73 Å². The van der Waals surface area contributed by atoms with E-state index in [0.717, 1.165) is 0 Å². The first-order valence-electron chi connectivity index (χ1n) is 2.69. The summed E-state index contributed by atoms with van der Waals surface area (Å²) >= 11 is 0. The minimum Gasteiger partial charge on any atom is -0.672 e. The van der Waals surface area contributed by atoms with Crippen LogP contribution in [0.5, 0.6) is 0 Å². The second-order valence-electron chi connectivity index (χ2n) is 2.88. The first kappa shape index (κ1) is 11.5. The number of nitrogens with one attached hydrogen (secondary N) is 1. The Morgan fingerprint density at radius 3 is 1.38 bits per heavy atom. The molecule has 0 saturated heterocycles. The first-order chi connectivity index (χ1) is 2.94. The molecule has 0 aromatic carbocycles. The van der Waals surface area contributed by atoms with E-state index in [9.17, 15) is 0 Å². The van der Waals surface area contributed by atoms with Crippen LogP contribution in [0, 0.1) is 5.92 Å². The standard InChI is InChI=1S/C6H14N.Ti/c1-5(2)6(3,4)7;/h5,7H,1-4H3;/q-1;. The van der Waals surface area contributed by atoms with Gasteiger partial charge in [0.1, 0.15) is 0 Å². The van der Waals surface area contributed by atoms with E-state index in [2.05, 4.69) is 13.8 Å². The maximum absolute atomic E-state index is 7.39. The maximum atomic E-state index is 7.39. The molecule has 0 unspecified atom stereocenters. The molecule has 0 radical (unpaired) electrons. The summed E-state index contributed by atoms with van der Waals surface area (Å²) in [5.41, 5.74) is 7.14. The average molecular weight is 148 g/mol. The third kappa shape index (κ3) is 4.82. The number of hydrogen-bond donors (Lipinski definition) is 0. The van der Waals surface area contributed by atoms with Crippen molar-refractivity contribution in [2.45, 2.75) is 33.2 Å². The third-order valence-electron chi connectivity index (χ3n) is 1.44. The summed E-state index contributed by atoms with van der Waals surface area (Å²) in [6.45, 7) is 7.98. The van der Waals surface area contributed by atoms with E-state index in [-0.39, 0.29) is 27.3 Å².